The Bertz CT molecular complexity index is 993. The topological polar surface area (TPSA) is 81.8 Å². The molecule has 0 saturated carbocycles. The molecule has 2 N–H and O–H groups in total. The average Bonchev–Trinajstić information content (AvgIpc) is 3.04. The van der Waals surface area contributed by atoms with Crippen molar-refractivity contribution in [2.75, 3.05) is 13.6 Å². The molecular formula is C24H28N4O3. The summed E-state index contributed by atoms with van der Waals surface area (Å²) in [6.45, 7) is 1.92. The van der Waals surface area contributed by atoms with E-state index in [1.165, 1.54) is 11.1 Å². The van der Waals surface area contributed by atoms with Crippen LogP contribution in [0, 0.1) is 0 Å². The fraction of sp³-hybridized carbons (Fsp3) is 0.375. The summed E-state index contributed by atoms with van der Waals surface area (Å²) in [5.41, 5.74) is 4.61. The molecule has 4 rings (SSSR count). The largest absolute Gasteiger partial charge is 0.344 e. The lowest BCUT2D eigenvalue weighted by Gasteiger charge is -2.33. The maximum absolute atomic E-state index is 13.2. The molecule has 0 bridgehead atoms. The Balaban J connectivity index is 1.46. The van der Waals surface area contributed by atoms with Gasteiger partial charge in [0.1, 0.15) is 5.54 Å². The number of nitrogens with zero attached hydrogens (tertiary/aromatic N) is 2. The molecule has 0 unspecified atom stereocenters. The third kappa shape index (κ3) is 3.81. The Morgan fingerprint density at radius 2 is 1.87 bits per heavy atom. The standard InChI is InChI=1S/C24H28N4O3/c1-3-24(18-12-5-4-6-13-18)22(30)28(23(31)25-24)26-21(29)16-27(2)20-15-9-11-17-10-7-8-14-19(17)20/h4-8,10,12-14,20H,3,9,11,15-16H2,1-2H3,(H,25,31)(H,26,29)/t20-,24+/m0/s1. The number of hydrogen-bond donors (Lipinski definition) is 2. The molecule has 162 valence electrons. The van der Waals surface area contributed by atoms with Crippen molar-refractivity contribution in [3.8, 4) is 0 Å². The smallest absolute Gasteiger partial charge is 0.318 e. The highest BCUT2D eigenvalue weighted by Gasteiger charge is 2.52. The van der Waals surface area contributed by atoms with E-state index in [9.17, 15) is 14.4 Å². The molecule has 7 nitrogen and oxygen atoms in total. The Labute approximate surface area is 182 Å². The molecule has 1 saturated heterocycles. The molecule has 0 spiro atoms. The normalized spacial score (nSPS) is 22.9. The van der Waals surface area contributed by atoms with Gasteiger partial charge in [-0.2, -0.15) is 5.01 Å². The van der Waals surface area contributed by atoms with Crippen LogP contribution in [0.1, 0.15) is 48.9 Å². The van der Waals surface area contributed by atoms with Gasteiger partial charge in [-0.15, -0.1) is 0 Å². The van der Waals surface area contributed by atoms with Crippen molar-refractivity contribution in [3.05, 3.63) is 71.3 Å². The molecule has 2 aliphatic rings. The van der Waals surface area contributed by atoms with Gasteiger partial charge < -0.3 is 5.32 Å². The van der Waals surface area contributed by atoms with E-state index in [-0.39, 0.29) is 12.6 Å². The van der Waals surface area contributed by atoms with Crippen LogP contribution in [-0.4, -0.2) is 41.3 Å². The molecular weight excluding hydrogens is 392 g/mol. The average molecular weight is 421 g/mol. The second kappa shape index (κ2) is 8.51. The molecule has 0 radical (unpaired) electrons. The van der Waals surface area contributed by atoms with E-state index < -0.39 is 23.4 Å². The fourth-order valence-electron chi connectivity index (χ4n) is 4.72. The van der Waals surface area contributed by atoms with Crippen molar-refractivity contribution in [2.24, 2.45) is 0 Å². The van der Waals surface area contributed by atoms with E-state index in [0.29, 0.717) is 12.0 Å². The Hall–Kier alpha value is -3.19. The first-order chi connectivity index (χ1) is 15.0. The van der Waals surface area contributed by atoms with Gasteiger partial charge in [-0.3, -0.25) is 19.9 Å². The first kappa shape index (κ1) is 21.1. The highest BCUT2D eigenvalue weighted by atomic mass is 16.2. The summed E-state index contributed by atoms with van der Waals surface area (Å²) in [6.07, 6.45) is 3.47. The van der Waals surface area contributed by atoms with Gasteiger partial charge in [0.05, 0.1) is 6.54 Å². The summed E-state index contributed by atoms with van der Waals surface area (Å²) < 4.78 is 0. The number of carbonyl (C=O) groups is 3. The van der Waals surface area contributed by atoms with Crippen LogP contribution in [0.2, 0.25) is 0 Å². The van der Waals surface area contributed by atoms with Crippen LogP contribution in [0.3, 0.4) is 0 Å². The molecule has 2 atom stereocenters. The Kier molecular flexibility index (Phi) is 5.78. The van der Waals surface area contributed by atoms with Gasteiger partial charge in [0.2, 0.25) is 0 Å². The third-order valence-electron chi connectivity index (χ3n) is 6.39. The number of hydrogen-bond acceptors (Lipinski definition) is 4. The minimum atomic E-state index is -1.17. The molecule has 2 aromatic rings. The van der Waals surface area contributed by atoms with Gasteiger partial charge in [0, 0.05) is 6.04 Å². The van der Waals surface area contributed by atoms with Crippen LogP contribution in [0.4, 0.5) is 4.79 Å². The number of hydrazine groups is 1. The van der Waals surface area contributed by atoms with Crippen molar-refractivity contribution < 1.29 is 14.4 Å². The highest BCUT2D eigenvalue weighted by molar-refractivity contribution is 6.08. The summed E-state index contributed by atoms with van der Waals surface area (Å²) in [5.74, 6) is -0.862. The summed E-state index contributed by atoms with van der Waals surface area (Å²) in [5, 5.41) is 3.60. The van der Waals surface area contributed by atoms with Crippen LogP contribution in [0.25, 0.3) is 0 Å². The molecule has 1 aliphatic carbocycles. The SMILES string of the molecule is CC[C@]1(c2ccccc2)NC(=O)N(NC(=O)CN(C)[C@H]2CCCc3ccccc32)C1=O. The summed E-state index contributed by atoms with van der Waals surface area (Å²) in [6, 6.07) is 16.9. The van der Waals surface area contributed by atoms with Crippen LogP contribution >= 0.6 is 0 Å². The van der Waals surface area contributed by atoms with E-state index >= 15 is 0 Å². The van der Waals surface area contributed by atoms with Crippen molar-refractivity contribution in [1.29, 1.82) is 0 Å². The lowest BCUT2D eigenvalue weighted by Crippen LogP contribution is -2.51. The molecule has 1 aliphatic heterocycles. The van der Waals surface area contributed by atoms with E-state index in [0.717, 1.165) is 24.3 Å². The van der Waals surface area contributed by atoms with Gasteiger partial charge in [0.15, 0.2) is 0 Å². The summed E-state index contributed by atoms with van der Waals surface area (Å²) in [7, 11) is 1.90. The van der Waals surface area contributed by atoms with Crippen LogP contribution in [-0.2, 0) is 21.5 Å². The van der Waals surface area contributed by atoms with Crippen molar-refractivity contribution >= 4 is 17.8 Å². The number of aryl methyl sites for hydroxylation is 1. The van der Waals surface area contributed by atoms with Gasteiger partial charge in [-0.25, -0.2) is 4.79 Å². The molecule has 4 amide bonds. The maximum Gasteiger partial charge on any atom is 0.344 e. The zero-order valence-electron chi connectivity index (χ0n) is 17.9. The predicted molar refractivity (Wildman–Crippen MR) is 117 cm³/mol. The van der Waals surface area contributed by atoms with E-state index in [2.05, 4.69) is 22.9 Å². The van der Waals surface area contributed by atoms with E-state index in [4.69, 9.17) is 0 Å². The number of amides is 4. The molecule has 7 heteroatoms. The molecule has 1 fully saturated rings. The first-order valence-corrected chi connectivity index (χ1v) is 10.8. The zero-order valence-corrected chi connectivity index (χ0v) is 17.9. The van der Waals surface area contributed by atoms with Gasteiger partial charge >= 0.3 is 6.03 Å². The lowest BCUT2D eigenvalue weighted by atomic mass is 9.87. The summed E-state index contributed by atoms with van der Waals surface area (Å²) in [4.78, 5) is 40.5. The van der Waals surface area contributed by atoms with E-state index in [1.54, 1.807) is 12.1 Å². The van der Waals surface area contributed by atoms with Crippen LogP contribution < -0.4 is 10.7 Å². The zero-order chi connectivity index (χ0) is 22.0. The number of nitrogens with one attached hydrogen (secondary N) is 2. The first-order valence-electron chi connectivity index (χ1n) is 10.8. The van der Waals surface area contributed by atoms with E-state index in [1.807, 2.05) is 49.2 Å². The fourth-order valence-corrected chi connectivity index (χ4v) is 4.72. The maximum atomic E-state index is 13.2. The second-order valence-corrected chi connectivity index (χ2v) is 8.25. The number of urea groups is 1. The number of imide groups is 1. The monoisotopic (exact) mass is 420 g/mol. The summed E-state index contributed by atoms with van der Waals surface area (Å²) >= 11 is 0. The predicted octanol–water partition coefficient (Wildman–Crippen LogP) is 2.88. The van der Waals surface area contributed by atoms with Crippen molar-refractivity contribution in [3.63, 3.8) is 0 Å². The number of likely N-dealkylation sites (N-methyl/N-ethyl adjacent to an activating group) is 1. The molecule has 31 heavy (non-hydrogen) atoms. The number of carbonyl (C=O) groups excluding carboxylic acids is 3. The van der Waals surface area contributed by atoms with Crippen molar-refractivity contribution in [2.45, 2.75) is 44.2 Å². The second-order valence-electron chi connectivity index (χ2n) is 8.25. The third-order valence-corrected chi connectivity index (χ3v) is 6.39. The minimum absolute atomic E-state index is 0.0839. The number of fused-ring (bicyclic) bond motifs is 1. The number of rotatable bonds is 6. The van der Waals surface area contributed by atoms with Crippen LogP contribution in [0.15, 0.2) is 54.6 Å². The van der Waals surface area contributed by atoms with Gasteiger partial charge in [0.25, 0.3) is 11.8 Å². The molecule has 0 aromatic heterocycles. The number of benzene rings is 2. The van der Waals surface area contributed by atoms with Crippen molar-refractivity contribution in [1.82, 2.24) is 20.7 Å². The van der Waals surface area contributed by atoms with Crippen LogP contribution in [0.5, 0.6) is 0 Å². The Morgan fingerprint density at radius 1 is 1.16 bits per heavy atom. The molecule has 1 heterocycles. The highest BCUT2D eigenvalue weighted by Crippen LogP contribution is 2.34. The minimum Gasteiger partial charge on any atom is -0.318 e. The Morgan fingerprint density at radius 3 is 2.61 bits per heavy atom. The lowest BCUT2D eigenvalue weighted by molar-refractivity contribution is -0.140. The van der Waals surface area contributed by atoms with Gasteiger partial charge in [-0.05, 0) is 49.4 Å². The quantitative estimate of drug-likeness (QED) is 0.704. The van der Waals surface area contributed by atoms with Gasteiger partial charge in [-0.1, -0.05) is 61.5 Å². The molecule has 2 aromatic carbocycles.